The van der Waals surface area contributed by atoms with Crippen molar-refractivity contribution in [2.45, 2.75) is 5.41 Å². The lowest BCUT2D eigenvalue weighted by atomic mass is 9.70. The molecule has 0 atom stereocenters. The van der Waals surface area contributed by atoms with Gasteiger partial charge in [-0.25, -0.2) is 0 Å². The molecule has 0 bridgehead atoms. The maximum Gasteiger partial charge on any atom is 0.0726 e. The highest BCUT2D eigenvalue weighted by atomic mass is 79.9. The molecule has 278 valence electrons. The van der Waals surface area contributed by atoms with Crippen molar-refractivity contribution in [3.63, 3.8) is 0 Å². The van der Waals surface area contributed by atoms with Crippen LogP contribution in [0, 0.1) is 0 Å². The van der Waals surface area contributed by atoms with Gasteiger partial charge in [0.15, 0.2) is 0 Å². The van der Waals surface area contributed by atoms with Crippen LogP contribution in [0.15, 0.2) is 217 Å². The highest BCUT2D eigenvalue weighted by Gasteiger charge is 2.51. The Labute approximate surface area is 356 Å². The summed E-state index contributed by atoms with van der Waals surface area (Å²) < 4.78 is 3.59. The van der Waals surface area contributed by atoms with Gasteiger partial charge in [-0.05, 0) is 123 Å². The zero-order chi connectivity index (χ0) is 39.1. The van der Waals surface area contributed by atoms with Crippen molar-refractivity contribution in [3.05, 3.63) is 239 Å². The van der Waals surface area contributed by atoms with E-state index >= 15 is 0 Å². The minimum Gasteiger partial charge on any atom is -0.310 e. The van der Waals surface area contributed by atoms with Gasteiger partial charge in [-0.2, -0.15) is 0 Å². The van der Waals surface area contributed by atoms with Crippen LogP contribution in [-0.4, -0.2) is 0 Å². The Bertz CT molecular complexity index is 3200. The molecule has 0 aliphatic heterocycles. The van der Waals surface area contributed by atoms with Crippen LogP contribution in [0.3, 0.4) is 0 Å². The number of fused-ring (bicyclic) bond motifs is 13. The van der Waals surface area contributed by atoms with E-state index in [-0.39, 0.29) is 0 Å². The van der Waals surface area contributed by atoms with Crippen LogP contribution in [0.1, 0.15) is 22.3 Å². The normalized spacial score (nSPS) is 13.0. The molecule has 2 aliphatic rings. The molecule has 10 aromatic rings. The van der Waals surface area contributed by atoms with Crippen molar-refractivity contribution in [1.29, 1.82) is 0 Å². The third-order valence-electron chi connectivity index (χ3n) is 12.3. The summed E-state index contributed by atoms with van der Waals surface area (Å²) in [6, 6.07) is 78.1. The fourth-order valence-electron chi connectivity index (χ4n) is 9.94. The number of benzene rings is 9. The van der Waals surface area contributed by atoms with Crippen LogP contribution in [0.2, 0.25) is 0 Å². The lowest BCUT2D eigenvalue weighted by Gasteiger charge is -2.33. The van der Waals surface area contributed by atoms with Crippen LogP contribution < -0.4 is 9.80 Å². The number of rotatable bonds is 6. The van der Waals surface area contributed by atoms with Gasteiger partial charge < -0.3 is 9.80 Å². The van der Waals surface area contributed by atoms with Gasteiger partial charge in [0.05, 0.1) is 5.41 Å². The van der Waals surface area contributed by atoms with Crippen molar-refractivity contribution in [1.82, 2.24) is 0 Å². The van der Waals surface area contributed by atoms with E-state index in [9.17, 15) is 0 Å². The molecular formula is C55H35BrN2S. The number of hydrogen-bond donors (Lipinski definition) is 0. The van der Waals surface area contributed by atoms with Crippen LogP contribution in [-0.2, 0) is 5.41 Å². The molecule has 1 spiro atoms. The predicted octanol–water partition coefficient (Wildman–Crippen LogP) is 16.1. The summed E-state index contributed by atoms with van der Waals surface area (Å²) in [6.45, 7) is 0. The van der Waals surface area contributed by atoms with E-state index in [0.717, 1.165) is 38.6 Å². The molecule has 0 saturated carbocycles. The zero-order valence-corrected chi connectivity index (χ0v) is 34.3. The van der Waals surface area contributed by atoms with Crippen molar-refractivity contribution in [2.75, 3.05) is 9.80 Å². The van der Waals surface area contributed by atoms with Gasteiger partial charge in [-0.3, -0.25) is 0 Å². The second-order valence-corrected chi connectivity index (χ2v) is 17.4. The number of nitrogens with zero attached hydrogens (tertiary/aromatic N) is 2. The largest absolute Gasteiger partial charge is 0.310 e. The molecule has 1 aromatic heterocycles. The second kappa shape index (κ2) is 13.4. The summed E-state index contributed by atoms with van der Waals surface area (Å²) in [6.07, 6.45) is 0. The topological polar surface area (TPSA) is 6.48 Å². The molecule has 1 heterocycles. The maximum absolute atomic E-state index is 4.01. The first-order chi connectivity index (χ1) is 29.2. The quantitative estimate of drug-likeness (QED) is 0.165. The predicted molar refractivity (Wildman–Crippen MR) is 253 cm³/mol. The average molecular weight is 836 g/mol. The number of thiophene rings is 1. The number of para-hydroxylation sites is 2. The van der Waals surface area contributed by atoms with E-state index in [2.05, 4.69) is 238 Å². The number of anilines is 6. The summed E-state index contributed by atoms with van der Waals surface area (Å²) in [4.78, 5) is 4.79. The molecule has 59 heavy (non-hydrogen) atoms. The molecule has 9 aromatic carbocycles. The molecule has 0 amide bonds. The maximum atomic E-state index is 4.01. The molecule has 0 unspecified atom stereocenters. The van der Waals surface area contributed by atoms with Crippen LogP contribution in [0.5, 0.6) is 0 Å². The molecule has 12 rings (SSSR count). The summed E-state index contributed by atoms with van der Waals surface area (Å²) >= 11 is 5.86. The summed E-state index contributed by atoms with van der Waals surface area (Å²) in [7, 11) is 0. The third-order valence-corrected chi connectivity index (χ3v) is 13.9. The highest BCUT2D eigenvalue weighted by Crippen LogP contribution is 2.63. The summed E-state index contributed by atoms with van der Waals surface area (Å²) in [5.41, 5.74) is 16.6. The standard InChI is InChI=1S/C55H35BrN2S/c56-36-31-41(57(37-15-3-1-4-16-37)39-28-30-54-48(34-39)47-22-10-14-26-53(47)59-54)33-42(32-36)58(38-17-5-2-6-18-38)40-27-29-46-45-21-9-13-25-51(45)55(52(46)35-40)49-23-11-7-19-43(49)44-20-8-12-24-50(44)55/h1-35H. The lowest BCUT2D eigenvalue weighted by Crippen LogP contribution is -2.26. The van der Waals surface area contributed by atoms with Gasteiger partial charge >= 0.3 is 0 Å². The van der Waals surface area contributed by atoms with Crippen molar-refractivity contribution >= 4 is 81.6 Å². The summed E-state index contributed by atoms with van der Waals surface area (Å²) in [5.74, 6) is 0. The van der Waals surface area contributed by atoms with Gasteiger partial charge in [0, 0.05) is 58.8 Å². The van der Waals surface area contributed by atoms with Crippen molar-refractivity contribution in [2.24, 2.45) is 0 Å². The van der Waals surface area contributed by atoms with E-state index in [1.807, 2.05) is 11.3 Å². The Morgan fingerprint density at radius 1 is 0.322 bits per heavy atom. The molecule has 0 N–H and O–H groups in total. The number of halogens is 1. The van der Waals surface area contributed by atoms with Crippen LogP contribution in [0.4, 0.5) is 34.1 Å². The molecule has 2 nitrogen and oxygen atoms in total. The molecule has 0 fully saturated rings. The SMILES string of the molecule is Brc1cc(N(c2ccccc2)c2ccc3c(c2)C2(c4ccccc4-c4ccccc42)c2ccccc2-3)cc(N(c2ccccc2)c2ccc3sc4ccccc4c3c2)c1. The third kappa shape index (κ3) is 5.16. The van der Waals surface area contributed by atoms with E-state index in [0.29, 0.717) is 0 Å². The van der Waals surface area contributed by atoms with Gasteiger partial charge in [0.25, 0.3) is 0 Å². The molecule has 0 radical (unpaired) electrons. The molecular weight excluding hydrogens is 801 g/mol. The minimum atomic E-state index is -0.436. The Hall–Kier alpha value is -6.72. The first-order valence-electron chi connectivity index (χ1n) is 20.0. The average Bonchev–Trinajstić information content (AvgIpc) is 3.91. The molecule has 4 heteroatoms. The second-order valence-electron chi connectivity index (χ2n) is 15.4. The Kier molecular flexibility index (Phi) is 7.81. The van der Waals surface area contributed by atoms with Crippen LogP contribution in [0.25, 0.3) is 42.4 Å². The monoisotopic (exact) mass is 834 g/mol. The van der Waals surface area contributed by atoms with Crippen molar-refractivity contribution in [3.8, 4) is 22.3 Å². The smallest absolute Gasteiger partial charge is 0.0726 e. The Balaban J connectivity index is 1.07. The van der Waals surface area contributed by atoms with Gasteiger partial charge in [0.2, 0.25) is 0 Å². The minimum absolute atomic E-state index is 0.436. The van der Waals surface area contributed by atoms with E-state index < -0.39 is 5.41 Å². The van der Waals surface area contributed by atoms with Crippen LogP contribution >= 0.6 is 27.3 Å². The zero-order valence-electron chi connectivity index (χ0n) is 31.9. The fourth-order valence-corrected chi connectivity index (χ4v) is 11.5. The van der Waals surface area contributed by atoms with Gasteiger partial charge in [-0.1, -0.05) is 149 Å². The van der Waals surface area contributed by atoms with E-state index in [4.69, 9.17) is 0 Å². The summed E-state index contributed by atoms with van der Waals surface area (Å²) in [5, 5.41) is 2.56. The van der Waals surface area contributed by atoms with Gasteiger partial charge in [-0.15, -0.1) is 11.3 Å². The highest BCUT2D eigenvalue weighted by molar-refractivity contribution is 9.10. The van der Waals surface area contributed by atoms with E-state index in [1.54, 1.807) is 0 Å². The lowest BCUT2D eigenvalue weighted by molar-refractivity contribution is 0.793. The Morgan fingerprint density at radius 3 is 1.37 bits per heavy atom. The molecule has 0 saturated heterocycles. The molecule has 2 aliphatic carbocycles. The number of hydrogen-bond acceptors (Lipinski definition) is 3. The Morgan fingerprint density at radius 2 is 0.780 bits per heavy atom. The van der Waals surface area contributed by atoms with Gasteiger partial charge in [0.1, 0.15) is 0 Å². The first-order valence-corrected chi connectivity index (χ1v) is 21.6. The first kappa shape index (κ1) is 34.3. The van der Waals surface area contributed by atoms with E-state index in [1.165, 1.54) is 64.7 Å². The van der Waals surface area contributed by atoms with Crippen molar-refractivity contribution < 1.29 is 0 Å². The fraction of sp³-hybridized carbons (Fsp3) is 0.0182.